The van der Waals surface area contributed by atoms with Crippen molar-refractivity contribution in [3.05, 3.63) is 71.3 Å². The van der Waals surface area contributed by atoms with Crippen molar-refractivity contribution in [1.29, 1.82) is 0 Å². The van der Waals surface area contributed by atoms with Crippen molar-refractivity contribution >= 4 is 17.7 Å². The van der Waals surface area contributed by atoms with Gasteiger partial charge in [0.15, 0.2) is 0 Å². The number of halogens is 3. The number of nitrogens with zero attached hydrogens (tertiary/aromatic N) is 2. The third kappa shape index (κ3) is 4.70. The molecule has 0 radical (unpaired) electrons. The molecule has 27 heavy (non-hydrogen) atoms. The van der Waals surface area contributed by atoms with Crippen molar-refractivity contribution in [2.75, 3.05) is 31.1 Å². The first-order valence-electron chi connectivity index (χ1n) is 8.79. The van der Waals surface area contributed by atoms with Crippen LogP contribution in [0.4, 0.5) is 18.9 Å². The number of hydrogen-bond acceptors (Lipinski definition) is 2. The van der Waals surface area contributed by atoms with Crippen molar-refractivity contribution < 1.29 is 18.0 Å². The summed E-state index contributed by atoms with van der Waals surface area (Å²) in [5.41, 5.74) is 2.01. The Bertz CT molecular complexity index is 837. The van der Waals surface area contributed by atoms with Crippen molar-refractivity contribution in [3.63, 3.8) is 0 Å². The number of para-hydroxylation sites is 1. The molecule has 142 valence electrons. The molecule has 6 heteroatoms. The summed E-state index contributed by atoms with van der Waals surface area (Å²) in [5.74, 6) is -0.183. The number of amides is 1. The summed E-state index contributed by atoms with van der Waals surface area (Å²) >= 11 is 0. The molecule has 1 heterocycles. The fourth-order valence-corrected chi connectivity index (χ4v) is 3.18. The van der Waals surface area contributed by atoms with Gasteiger partial charge < -0.3 is 9.80 Å². The van der Waals surface area contributed by atoms with Gasteiger partial charge in [-0.05, 0) is 42.3 Å². The molecule has 1 aliphatic heterocycles. The first kappa shape index (κ1) is 19.0. The van der Waals surface area contributed by atoms with Crippen LogP contribution in [-0.4, -0.2) is 37.0 Å². The lowest BCUT2D eigenvalue weighted by molar-refractivity contribution is -0.137. The number of benzene rings is 2. The summed E-state index contributed by atoms with van der Waals surface area (Å²) in [7, 11) is 0. The maximum Gasteiger partial charge on any atom is 0.416 e. The van der Waals surface area contributed by atoms with Crippen LogP contribution < -0.4 is 4.90 Å². The molecule has 0 aliphatic carbocycles. The van der Waals surface area contributed by atoms with Gasteiger partial charge in [0.25, 0.3) is 0 Å². The second-order valence-electron chi connectivity index (χ2n) is 6.56. The van der Waals surface area contributed by atoms with Gasteiger partial charge in [0.05, 0.1) is 5.56 Å². The van der Waals surface area contributed by atoms with E-state index in [0.717, 1.165) is 25.2 Å². The minimum atomic E-state index is -4.39. The third-order valence-electron chi connectivity index (χ3n) is 4.68. The van der Waals surface area contributed by atoms with Gasteiger partial charge in [0.2, 0.25) is 5.91 Å². The van der Waals surface area contributed by atoms with Gasteiger partial charge in [-0.3, -0.25) is 4.79 Å². The molecular formula is C21H21F3N2O. The van der Waals surface area contributed by atoms with Crippen LogP contribution in [0.2, 0.25) is 0 Å². The minimum absolute atomic E-state index is 0.183. The standard InChI is InChI=1S/C21H21F3N2O/c1-16-5-2-3-8-19(16)25-11-13-26(14-12-25)20(27)10-9-17-6-4-7-18(15-17)21(22,23)24/h2-10,15H,11-14H2,1H3/b10-9+. The number of hydrogen-bond donors (Lipinski definition) is 0. The molecule has 0 aromatic heterocycles. The number of anilines is 1. The van der Waals surface area contributed by atoms with E-state index in [1.54, 1.807) is 11.0 Å². The van der Waals surface area contributed by atoms with Gasteiger partial charge in [-0.2, -0.15) is 13.2 Å². The molecule has 3 nitrogen and oxygen atoms in total. The van der Waals surface area contributed by atoms with Crippen LogP contribution in [0.3, 0.4) is 0 Å². The fourth-order valence-electron chi connectivity index (χ4n) is 3.18. The van der Waals surface area contributed by atoms with Gasteiger partial charge in [0.1, 0.15) is 0 Å². The second-order valence-corrected chi connectivity index (χ2v) is 6.56. The first-order chi connectivity index (χ1) is 12.8. The molecule has 2 aromatic carbocycles. The Balaban J connectivity index is 1.60. The normalized spacial score (nSPS) is 15.4. The third-order valence-corrected chi connectivity index (χ3v) is 4.68. The predicted molar refractivity (Wildman–Crippen MR) is 100 cm³/mol. The summed E-state index contributed by atoms with van der Waals surface area (Å²) in [6, 6.07) is 13.1. The number of rotatable bonds is 3. The van der Waals surface area contributed by atoms with Crippen molar-refractivity contribution in [3.8, 4) is 0 Å². The summed E-state index contributed by atoms with van der Waals surface area (Å²) in [5, 5.41) is 0. The van der Waals surface area contributed by atoms with Gasteiger partial charge in [0, 0.05) is 37.9 Å². The van der Waals surface area contributed by atoms with E-state index in [0.29, 0.717) is 18.7 Å². The summed E-state index contributed by atoms with van der Waals surface area (Å²) in [4.78, 5) is 16.3. The summed E-state index contributed by atoms with van der Waals surface area (Å²) in [6.45, 7) is 4.69. The van der Waals surface area contributed by atoms with Crippen LogP contribution in [-0.2, 0) is 11.0 Å². The second kappa shape index (κ2) is 7.86. The molecular weight excluding hydrogens is 353 g/mol. The van der Waals surface area contributed by atoms with E-state index in [-0.39, 0.29) is 5.91 Å². The largest absolute Gasteiger partial charge is 0.416 e. The van der Waals surface area contributed by atoms with Crippen LogP contribution in [0.5, 0.6) is 0 Å². The van der Waals surface area contributed by atoms with Crippen LogP contribution in [0.25, 0.3) is 6.08 Å². The first-order valence-corrected chi connectivity index (χ1v) is 8.79. The van der Waals surface area contributed by atoms with Crippen LogP contribution in [0, 0.1) is 6.92 Å². The Morgan fingerprint density at radius 1 is 1.00 bits per heavy atom. The van der Waals surface area contributed by atoms with Gasteiger partial charge >= 0.3 is 6.18 Å². The Morgan fingerprint density at radius 3 is 2.37 bits per heavy atom. The summed E-state index contributed by atoms with van der Waals surface area (Å²) < 4.78 is 38.3. The highest BCUT2D eigenvalue weighted by molar-refractivity contribution is 5.92. The highest BCUT2D eigenvalue weighted by Crippen LogP contribution is 2.29. The van der Waals surface area contributed by atoms with E-state index in [4.69, 9.17) is 0 Å². The van der Waals surface area contributed by atoms with E-state index >= 15 is 0 Å². The van der Waals surface area contributed by atoms with Crippen LogP contribution in [0.15, 0.2) is 54.6 Å². The Hall–Kier alpha value is -2.76. The number of aryl methyl sites for hydroxylation is 1. The van der Waals surface area contributed by atoms with E-state index in [2.05, 4.69) is 24.0 Å². The lowest BCUT2D eigenvalue weighted by atomic mass is 10.1. The zero-order chi connectivity index (χ0) is 19.4. The molecule has 0 N–H and O–H groups in total. The SMILES string of the molecule is Cc1ccccc1N1CCN(C(=O)/C=C/c2cccc(C(F)(F)F)c2)CC1. The fraction of sp³-hybridized carbons (Fsp3) is 0.286. The predicted octanol–water partition coefficient (Wildman–Crippen LogP) is 4.38. The molecule has 1 aliphatic rings. The number of carbonyl (C=O) groups excluding carboxylic acids is 1. The lowest BCUT2D eigenvalue weighted by Gasteiger charge is -2.36. The minimum Gasteiger partial charge on any atom is -0.368 e. The highest BCUT2D eigenvalue weighted by Gasteiger charge is 2.30. The highest BCUT2D eigenvalue weighted by atomic mass is 19.4. The maximum absolute atomic E-state index is 12.8. The Kier molecular flexibility index (Phi) is 5.54. The molecule has 2 aromatic rings. The Labute approximate surface area is 156 Å². The summed E-state index contributed by atoms with van der Waals surface area (Å²) in [6.07, 6.45) is -1.61. The molecule has 3 rings (SSSR count). The van der Waals surface area contributed by atoms with Crippen LogP contribution in [0.1, 0.15) is 16.7 Å². The van der Waals surface area contributed by atoms with Crippen molar-refractivity contribution in [1.82, 2.24) is 4.90 Å². The molecule has 1 saturated heterocycles. The van der Waals surface area contributed by atoms with E-state index in [9.17, 15) is 18.0 Å². The molecule has 0 unspecified atom stereocenters. The van der Waals surface area contributed by atoms with E-state index in [1.165, 1.54) is 29.5 Å². The van der Waals surface area contributed by atoms with Gasteiger partial charge in [-0.25, -0.2) is 0 Å². The average molecular weight is 374 g/mol. The smallest absolute Gasteiger partial charge is 0.368 e. The maximum atomic E-state index is 12.8. The molecule has 0 saturated carbocycles. The Morgan fingerprint density at radius 2 is 1.70 bits per heavy atom. The van der Waals surface area contributed by atoms with E-state index in [1.807, 2.05) is 12.1 Å². The molecule has 0 atom stereocenters. The van der Waals surface area contributed by atoms with Crippen LogP contribution >= 0.6 is 0 Å². The molecule has 0 spiro atoms. The van der Waals surface area contributed by atoms with Crippen molar-refractivity contribution in [2.24, 2.45) is 0 Å². The molecule has 0 bridgehead atoms. The van der Waals surface area contributed by atoms with Crippen molar-refractivity contribution in [2.45, 2.75) is 13.1 Å². The number of piperazine rings is 1. The average Bonchev–Trinajstić information content (AvgIpc) is 2.66. The molecule has 1 amide bonds. The van der Waals surface area contributed by atoms with Gasteiger partial charge in [-0.1, -0.05) is 30.3 Å². The monoisotopic (exact) mass is 374 g/mol. The van der Waals surface area contributed by atoms with E-state index < -0.39 is 11.7 Å². The zero-order valence-electron chi connectivity index (χ0n) is 15.0. The number of carbonyl (C=O) groups is 1. The quantitative estimate of drug-likeness (QED) is 0.745. The van der Waals surface area contributed by atoms with Gasteiger partial charge in [-0.15, -0.1) is 0 Å². The topological polar surface area (TPSA) is 23.6 Å². The lowest BCUT2D eigenvalue weighted by Crippen LogP contribution is -2.48. The molecule has 1 fully saturated rings. The number of alkyl halides is 3. The zero-order valence-corrected chi connectivity index (χ0v) is 15.0.